The van der Waals surface area contributed by atoms with Gasteiger partial charge in [0, 0.05) is 31.3 Å². The van der Waals surface area contributed by atoms with Crippen LogP contribution in [0.1, 0.15) is 62.0 Å². The zero-order valence-electron chi connectivity index (χ0n) is 15.9. The first-order chi connectivity index (χ1) is 12.6. The van der Waals surface area contributed by atoms with E-state index in [0.717, 1.165) is 68.8 Å². The summed E-state index contributed by atoms with van der Waals surface area (Å²) in [5.41, 5.74) is 0. The predicted octanol–water partition coefficient (Wildman–Crippen LogP) is 4.47. The number of thiophene rings is 1. The van der Waals surface area contributed by atoms with Crippen LogP contribution in [0.2, 0.25) is 0 Å². The first-order valence-corrected chi connectivity index (χ1v) is 11.8. The van der Waals surface area contributed by atoms with Gasteiger partial charge < -0.3 is 9.80 Å². The van der Waals surface area contributed by atoms with Crippen molar-refractivity contribution in [2.75, 3.05) is 25.4 Å². The van der Waals surface area contributed by atoms with Crippen LogP contribution in [0.4, 0.5) is 0 Å². The zero-order chi connectivity index (χ0) is 18.6. The van der Waals surface area contributed by atoms with Gasteiger partial charge in [-0.25, -0.2) is 0 Å². The highest BCUT2D eigenvalue weighted by atomic mass is 32.2. The van der Waals surface area contributed by atoms with Crippen molar-refractivity contribution in [3.05, 3.63) is 22.4 Å². The number of rotatable bonds is 6. The highest BCUT2D eigenvalue weighted by Crippen LogP contribution is 2.45. The van der Waals surface area contributed by atoms with E-state index in [0.29, 0.717) is 5.91 Å². The number of carbonyl (C=O) groups excluding carboxylic acids is 2. The van der Waals surface area contributed by atoms with Gasteiger partial charge in [-0.1, -0.05) is 32.8 Å². The topological polar surface area (TPSA) is 40.6 Å². The molecule has 1 unspecified atom stereocenters. The molecule has 144 valence electrons. The average molecular weight is 395 g/mol. The molecule has 4 nitrogen and oxygen atoms in total. The van der Waals surface area contributed by atoms with Crippen LogP contribution in [0.25, 0.3) is 0 Å². The number of hydrogen-bond acceptors (Lipinski definition) is 4. The maximum atomic E-state index is 12.9. The molecule has 6 heteroatoms. The third-order valence-electron chi connectivity index (χ3n) is 5.76. The molecule has 2 amide bonds. The molecule has 0 radical (unpaired) electrons. The quantitative estimate of drug-likeness (QED) is 0.715. The lowest BCUT2D eigenvalue weighted by Crippen LogP contribution is -2.54. The third-order valence-corrected chi connectivity index (χ3v) is 8.17. The maximum Gasteiger partial charge on any atom is 0.265 e. The van der Waals surface area contributed by atoms with Gasteiger partial charge in [-0.05, 0) is 37.1 Å². The Bertz CT molecular complexity index is 609. The molecule has 0 aliphatic carbocycles. The van der Waals surface area contributed by atoms with Gasteiger partial charge in [0.1, 0.15) is 0 Å². The highest BCUT2D eigenvalue weighted by Gasteiger charge is 2.47. The van der Waals surface area contributed by atoms with E-state index < -0.39 is 0 Å². The van der Waals surface area contributed by atoms with E-state index >= 15 is 0 Å². The molecule has 2 aliphatic heterocycles. The lowest BCUT2D eigenvalue weighted by atomic mass is 9.95. The summed E-state index contributed by atoms with van der Waals surface area (Å²) in [5, 5.41) is 1.96. The summed E-state index contributed by atoms with van der Waals surface area (Å²) in [6.07, 6.45) is 5.99. The van der Waals surface area contributed by atoms with Crippen LogP contribution in [0.3, 0.4) is 0 Å². The molecule has 2 fully saturated rings. The number of likely N-dealkylation sites (tertiary alicyclic amines) is 1. The summed E-state index contributed by atoms with van der Waals surface area (Å²) in [5.74, 6) is 1.66. The van der Waals surface area contributed by atoms with Crippen molar-refractivity contribution < 1.29 is 9.59 Å². The van der Waals surface area contributed by atoms with E-state index in [1.165, 1.54) is 11.3 Å². The summed E-state index contributed by atoms with van der Waals surface area (Å²) < 4.78 is 0. The van der Waals surface area contributed by atoms with Crippen LogP contribution < -0.4 is 0 Å². The van der Waals surface area contributed by atoms with Crippen molar-refractivity contribution in [3.8, 4) is 0 Å². The number of hydrogen-bond donors (Lipinski definition) is 0. The van der Waals surface area contributed by atoms with Crippen LogP contribution in [0, 0.1) is 5.92 Å². The lowest BCUT2D eigenvalue weighted by molar-refractivity contribution is -0.137. The van der Waals surface area contributed by atoms with Crippen LogP contribution in [-0.4, -0.2) is 51.9 Å². The number of nitrogens with zero attached hydrogens (tertiary/aromatic N) is 2. The fraction of sp³-hybridized carbons (Fsp3) is 0.700. The minimum atomic E-state index is -0.108. The molecule has 3 heterocycles. The zero-order valence-corrected chi connectivity index (χ0v) is 17.5. The fourth-order valence-corrected chi connectivity index (χ4v) is 6.26. The Morgan fingerprint density at radius 3 is 2.62 bits per heavy atom. The highest BCUT2D eigenvalue weighted by molar-refractivity contribution is 8.00. The summed E-state index contributed by atoms with van der Waals surface area (Å²) in [7, 11) is 0. The number of carbonyl (C=O) groups is 2. The molecule has 1 aromatic rings. The van der Waals surface area contributed by atoms with E-state index in [2.05, 4.69) is 23.6 Å². The molecule has 0 N–H and O–H groups in total. The van der Waals surface area contributed by atoms with Gasteiger partial charge in [-0.15, -0.1) is 23.1 Å². The van der Waals surface area contributed by atoms with Crippen molar-refractivity contribution in [1.29, 1.82) is 0 Å². The molecule has 26 heavy (non-hydrogen) atoms. The van der Waals surface area contributed by atoms with Crippen LogP contribution in [0.15, 0.2) is 17.5 Å². The largest absolute Gasteiger partial charge is 0.342 e. The molecule has 3 rings (SSSR count). The molecular weight excluding hydrogens is 364 g/mol. The third kappa shape index (κ3) is 3.96. The minimum absolute atomic E-state index is 0.108. The van der Waals surface area contributed by atoms with Gasteiger partial charge in [-0.2, -0.15) is 0 Å². The molecule has 0 aromatic carbocycles. The molecular formula is C20H30N2O2S2. The maximum absolute atomic E-state index is 12.9. The Morgan fingerprint density at radius 1 is 1.23 bits per heavy atom. The Hall–Kier alpha value is -1.01. The van der Waals surface area contributed by atoms with Gasteiger partial charge >= 0.3 is 0 Å². The minimum Gasteiger partial charge on any atom is -0.342 e. The smallest absolute Gasteiger partial charge is 0.265 e. The van der Waals surface area contributed by atoms with Crippen LogP contribution in [-0.2, 0) is 4.79 Å². The number of amides is 2. The predicted molar refractivity (Wildman–Crippen MR) is 110 cm³/mol. The van der Waals surface area contributed by atoms with Gasteiger partial charge in [0.25, 0.3) is 5.91 Å². The van der Waals surface area contributed by atoms with Gasteiger partial charge in [0.15, 0.2) is 0 Å². The number of unbranched alkanes of at least 4 members (excludes halogenated alkanes) is 1. The van der Waals surface area contributed by atoms with E-state index in [1.807, 2.05) is 29.3 Å². The Morgan fingerprint density at radius 2 is 2.00 bits per heavy atom. The van der Waals surface area contributed by atoms with Gasteiger partial charge in [0.2, 0.25) is 5.91 Å². The van der Waals surface area contributed by atoms with Crippen molar-refractivity contribution in [2.45, 2.75) is 57.2 Å². The number of piperidine rings is 1. The monoisotopic (exact) mass is 394 g/mol. The average Bonchev–Trinajstić information content (AvgIpc) is 3.33. The fourth-order valence-electron chi connectivity index (χ4n) is 4.13. The van der Waals surface area contributed by atoms with Gasteiger partial charge in [-0.3, -0.25) is 9.59 Å². The first-order valence-electron chi connectivity index (χ1n) is 9.89. The lowest BCUT2D eigenvalue weighted by Gasteiger charge is -2.44. The summed E-state index contributed by atoms with van der Waals surface area (Å²) in [4.78, 5) is 30.7. The van der Waals surface area contributed by atoms with Crippen LogP contribution in [0.5, 0.6) is 0 Å². The number of thioether (sulfide) groups is 1. The van der Waals surface area contributed by atoms with Crippen molar-refractivity contribution in [3.63, 3.8) is 0 Å². The Kier molecular flexibility index (Phi) is 6.67. The molecule has 1 aromatic heterocycles. The second-order valence-electron chi connectivity index (χ2n) is 7.30. The second-order valence-corrected chi connectivity index (χ2v) is 9.71. The van der Waals surface area contributed by atoms with Crippen molar-refractivity contribution in [2.24, 2.45) is 5.92 Å². The summed E-state index contributed by atoms with van der Waals surface area (Å²) in [6.45, 7) is 6.69. The standard InChI is InChI=1S/C20H30N2O2S2/c1-3-5-7-16(4-2)18(23)21-11-9-20(10-12-21)22(13-15-26-20)19(24)17-8-6-14-25-17/h6,8,14,16H,3-5,7,9-13,15H2,1-2H3. The summed E-state index contributed by atoms with van der Waals surface area (Å²) >= 11 is 3.43. The van der Waals surface area contributed by atoms with E-state index in [9.17, 15) is 9.59 Å². The normalized spacial score (nSPS) is 20.5. The molecule has 2 saturated heterocycles. The molecule has 0 saturated carbocycles. The van der Waals surface area contributed by atoms with Gasteiger partial charge in [0.05, 0.1) is 9.75 Å². The molecule has 2 aliphatic rings. The molecule has 1 spiro atoms. The van der Waals surface area contributed by atoms with Crippen molar-refractivity contribution in [1.82, 2.24) is 9.80 Å². The van der Waals surface area contributed by atoms with Crippen LogP contribution >= 0.6 is 23.1 Å². The van der Waals surface area contributed by atoms with E-state index in [-0.39, 0.29) is 16.7 Å². The van der Waals surface area contributed by atoms with E-state index in [4.69, 9.17) is 0 Å². The molecule has 1 atom stereocenters. The SMILES string of the molecule is CCCCC(CC)C(=O)N1CCC2(CC1)SCCN2C(=O)c1cccs1. The summed E-state index contributed by atoms with van der Waals surface area (Å²) in [6, 6.07) is 3.86. The van der Waals surface area contributed by atoms with Crippen molar-refractivity contribution >= 4 is 34.9 Å². The second kappa shape index (κ2) is 8.79. The Balaban J connectivity index is 1.63. The molecule has 0 bridgehead atoms. The van der Waals surface area contributed by atoms with E-state index in [1.54, 1.807) is 0 Å². The Labute approximate surface area is 165 Å². The first kappa shape index (κ1) is 19.7.